The van der Waals surface area contributed by atoms with Crippen LogP contribution in [0, 0.1) is 0 Å². The highest BCUT2D eigenvalue weighted by atomic mass is 35.5. The number of H-pyrrole nitrogens is 1. The first-order valence-electron chi connectivity index (χ1n) is 10.3. The summed E-state index contributed by atoms with van der Waals surface area (Å²) in [6.07, 6.45) is 2.19. The van der Waals surface area contributed by atoms with Crippen LogP contribution in [0.3, 0.4) is 0 Å². The third-order valence-corrected chi connectivity index (χ3v) is 5.55. The van der Waals surface area contributed by atoms with Gasteiger partial charge in [0.05, 0.1) is 28.7 Å². The SMILES string of the molecule is CCCN(Cc1nc2cc(Cl)ccc2c(=O)[nH]1)C(=O)c1ccc(=O)n(-c2cccc(Cl)c2)c1. The second-order valence-electron chi connectivity index (χ2n) is 7.51. The first-order chi connectivity index (χ1) is 15.9. The molecule has 0 unspecified atom stereocenters. The largest absolute Gasteiger partial charge is 0.331 e. The monoisotopic (exact) mass is 482 g/mol. The number of carbonyl (C=O) groups excluding carboxylic acids is 1. The number of rotatable bonds is 6. The number of nitrogens with zero attached hydrogens (tertiary/aromatic N) is 3. The van der Waals surface area contributed by atoms with Crippen molar-refractivity contribution in [3.05, 3.63) is 103 Å². The van der Waals surface area contributed by atoms with E-state index >= 15 is 0 Å². The number of fused-ring (bicyclic) bond motifs is 1. The van der Waals surface area contributed by atoms with Crippen LogP contribution in [0.4, 0.5) is 0 Å². The maximum Gasteiger partial charge on any atom is 0.258 e. The molecule has 4 rings (SSSR count). The van der Waals surface area contributed by atoms with Crippen LogP contribution in [0.1, 0.15) is 29.5 Å². The number of hydrogen-bond acceptors (Lipinski definition) is 4. The molecule has 33 heavy (non-hydrogen) atoms. The molecule has 0 atom stereocenters. The number of pyridine rings is 1. The minimum absolute atomic E-state index is 0.0979. The Kier molecular flexibility index (Phi) is 6.62. The van der Waals surface area contributed by atoms with Crippen LogP contribution in [0.2, 0.25) is 10.0 Å². The molecule has 2 aromatic carbocycles. The van der Waals surface area contributed by atoms with Gasteiger partial charge in [-0.05, 0) is 48.9 Å². The molecule has 1 N–H and O–H groups in total. The van der Waals surface area contributed by atoms with E-state index in [2.05, 4.69) is 9.97 Å². The molecular weight excluding hydrogens is 463 g/mol. The van der Waals surface area contributed by atoms with Crippen LogP contribution >= 0.6 is 23.2 Å². The molecular formula is C24H20Cl2N4O3. The smallest absolute Gasteiger partial charge is 0.258 e. The summed E-state index contributed by atoms with van der Waals surface area (Å²) in [5.74, 6) is 0.0567. The van der Waals surface area contributed by atoms with Crippen molar-refractivity contribution in [3.8, 4) is 5.69 Å². The molecule has 0 aliphatic rings. The Morgan fingerprint density at radius 3 is 2.61 bits per heavy atom. The molecule has 0 radical (unpaired) electrons. The predicted molar refractivity (Wildman–Crippen MR) is 129 cm³/mol. The molecule has 1 amide bonds. The van der Waals surface area contributed by atoms with Crippen molar-refractivity contribution in [3.63, 3.8) is 0 Å². The van der Waals surface area contributed by atoms with Gasteiger partial charge in [0, 0.05) is 28.9 Å². The van der Waals surface area contributed by atoms with Gasteiger partial charge in [0.25, 0.3) is 17.0 Å². The van der Waals surface area contributed by atoms with Crippen molar-refractivity contribution >= 4 is 40.0 Å². The summed E-state index contributed by atoms with van der Waals surface area (Å²) in [6.45, 7) is 2.48. The van der Waals surface area contributed by atoms with E-state index < -0.39 is 0 Å². The van der Waals surface area contributed by atoms with E-state index in [1.54, 1.807) is 47.4 Å². The lowest BCUT2D eigenvalue weighted by molar-refractivity contribution is 0.0738. The average molecular weight is 483 g/mol. The summed E-state index contributed by atoms with van der Waals surface area (Å²) in [5, 5.41) is 1.37. The molecule has 0 spiro atoms. The third-order valence-electron chi connectivity index (χ3n) is 5.08. The number of amides is 1. The van der Waals surface area contributed by atoms with E-state index in [4.69, 9.17) is 23.2 Å². The number of hydrogen-bond donors (Lipinski definition) is 1. The molecule has 9 heteroatoms. The summed E-state index contributed by atoms with van der Waals surface area (Å²) >= 11 is 12.1. The average Bonchev–Trinajstić information content (AvgIpc) is 2.78. The summed E-state index contributed by atoms with van der Waals surface area (Å²) in [4.78, 5) is 47.0. The van der Waals surface area contributed by atoms with Crippen LogP contribution < -0.4 is 11.1 Å². The second-order valence-corrected chi connectivity index (χ2v) is 8.38. The number of aromatic amines is 1. The van der Waals surface area contributed by atoms with Gasteiger partial charge in [-0.3, -0.25) is 19.0 Å². The maximum absolute atomic E-state index is 13.3. The molecule has 0 aliphatic heterocycles. The van der Waals surface area contributed by atoms with Crippen LogP contribution in [0.5, 0.6) is 0 Å². The van der Waals surface area contributed by atoms with Crippen molar-refractivity contribution in [1.29, 1.82) is 0 Å². The molecule has 7 nitrogen and oxygen atoms in total. The van der Waals surface area contributed by atoms with E-state index in [0.717, 1.165) is 0 Å². The fourth-order valence-electron chi connectivity index (χ4n) is 3.56. The number of aromatic nitrogens is 3. The summed E-state index contributed by atoms with van der Waals surface area (Å²) in [6, 6.07) is 14.5. The number of carbonyl (C=O) groups is 1. The Balaban J connectivity index is 1.68. The first kappa shape index (κ1) is 22.8. The van der Waals surface area contributed by atoms with Gasteiger partial charge in [0.15, 0.2) is 0 Å². The van der Waals surface area contributed by atoms with Crippen LogP contribution in [-0.4, -0.2) is 31.9 Å². The zero-order valence-electron chi connectivity index (χ0n) is 17.7. The van der Waals surface area contributed by atoms with Crippen molar-refractivity contribution in [2.45, 2.75) is 19.9 Å². The molecule has 0 fully saturated rings. The zero-order chi connectivity index (χ0) is 23.5. The van der Waals surface area contributed by atoms with E-state index in [1.165, 1.54) is 22.9 Å². The molecule has 0 aliphatic carbocycles. The number of nitrogens with one attached hydrogen (secondary N) is 1. The lowest BCUT2D eigenvalue weighted by Crippen LogP contribution is -2.33. The maximum atomic E-state index is 13.3. The second kappa shape index (κ2) is 9.60. The van der Waals surface area contributed by atoms with E-state index in [9.17, 15) is 14.4 Å². The van der Waals surface area contributed by atoms with Gasteiger partial charge in [-0.25, -0.2) is 4.98 Å². The third kappa shape index (κ3) is 4.99. The number of halogens is 2. The van der Waals surface area contributed by atoms with Crippen LogP contribution in [0.25, 0.3) is 16.6 Å². The normalized spacial score (nSPS) is 11.0. The Labute approximate surface area is 199 Å². The predicted octanol–water partition coefficient (Wildman–Crippen LogP) is 4.43. The zero-order valence-corrected chi connectivity index (χ0v) is 19.2. The van der Waals surface area contributed by atoms with Crippen molar-refractivity contribution in [2.24, 2.45) is 0 Å². The van der Waals surface area contributed by atoms with Crippen molar-refractivity contribution in [2.75, 3.05) is 6.54 Å². The Morgan fingerprint density at radius 1 is 1.06 bits per heavy atom. The summed E-state index contributed by atoms with van der Waals surface area (Å²) in [7, 11) is 0. The highest BCUT2D eigenvalue weighted by Crippen LogP contribution is 2.17. The fourth-order valence-corrected chi connectivity index (χ4v) is 3.91. The Morgan fingerprint density at radius 2 is 1.85 bits per heavy atom. The quantitative estimate of drug-likeness (QED) is 0.440. The summed E-state index contributed by atoms with van der Waals surface area (Å²) in [5.41, 5.74) is 0.758. The Bertz CT molecular complexity index is 1460. The lowest BCUT2D eigenvalue weighted by Gasteiger charge is -2.22. The minimum Gasteiger partial charge on any atom is -0.331 e. The van der Waals surface area contributed by atoms with Gasteiger partial charge in [-0.15, -0.1) is 0 Å². The van der Waals surface area contributed by atoms with E-state index in [-0.39, 0.29) is 23.6 Å². The molecule has 2 heterocycles. The first-order valence-corrected chi connectivity index (χ1v) is 11.1. The fraction of sp³-hybridized carbons (Fsp3) is 0.167. The minimum atomic E-state index is -0.301. The standard InChI is InChI=1S/C24H20Cl2N4O3/c1-2-10-29(14-21-27-20-12-17(26)7-8-19(20)23(32)28-21)24(33)15-6-9-22(31)30(13-15)18-5-3-4-16(25)11-18/h3-9,11-13H,2,10,14H2,1H3,(H,27,28,32). The molecule has 0 saturated heterocycles. The molecule has 2 aromatic heterocycles. The Hall–Kier alpha value is -3.42. The molecule has 4 aromatic rings. The van der Waals surface area contributed by atoms with Crippen molar-refractivity contribution < 1.29 is 4.79 Å². The van der Waals surface area contributed by atoms with Gasteiger partial charge in [0.2, 0.25) is 0 Å². The van der Waals surface area contributed by atoms with Gasteiger partial charge >= 0.3 is 0 Å². The highest BCUT2D eigenvalue weighted by molar-refractivity contribution is 6.31. The number of benzene rings is 2. The highest BCUT2D eigenvalue weighted by Gasteiger charge is 2.18. The van der Waals surface area contributed by atoms with Gasteiger partial charge < -0.3 is 9.88 Å². The van der Waals surface area contributed by atoms with Gasteiger partial charge in [0.1, 0.15) is 5.82 Å². The lowest BCUT2D eigenvalue weighted by atomic mass is 10.2. The topological polar surface area (TPSA) is 88.1 Å². The van der Waals surface area contributed by atoms with E-state index in [1.807, 2.05) is 6.92 Å². The molecule has 0 bridgehead atoms. The van der Waals surface area contributed by atoms with Crippen LogP contribution in [0.15, 0.2) is 70.4 Å². The summed E-state index contributed by atoms with van der Waals surface area (Å²) < 4.78 is 1.38. The van der Waals surface area contributed by atoms with Gasteiger partial charge in [-0.1, -0.05) is 36.2 Å². The van der Waals surface area contributed by atoms with Crippen LogP contribution in [-0.2, 0) is 6.54 Å². The molecule has 0 saturated carbocycles. The van der Waals surface area contributed by atoms with Gasteiger partial charge in [-0.2, -0.15) is 0 Å². The molecule has 168 valence electrons. The van der Waals surface area contributed by atoms with E-state index in [0.29, 0.717) is 51.0 Å². The van der Waals surface area contributed by atoms with Crippen molar-refractivity contribution in [1.82, 2.24) is 19.4 Å².